The van der Waals surface area contributed by atoms with E-state index in [1.54, 1.807) is 0 Å². The molecule has 5 N–H and O–H groups in total. The van der Waals surface area contributed by atoms with Crippen LogP contribution in [0.4, 0.5) is 10.6 Å². The highest BCUT2D eigenvalue weighted by Crippen LogP contribution is 2.33. The van der Waals surface area contributed by atoms with Crippen LogP contribution in [-0.4, -0.2) is 91.2 Å². The Balaban J connectivity index is 1.36. The van der Waals surface area contributed by atoms with E-state index in [9.17, 15) is 19.8 Å². The number of hydrogen-bond acceptors (Lipinski definition) is 10. The Morgan fingerprint density at radius 1 is 1.29 bits per heavy atom. The molecule has 35 heavy (non-hydrogen) atoms. The summed E-state index contributed by atoms with van der Waals surface area (Å²) < 4.78 is 11.9. The van der Waals surface area contributed by atoms with Gasteiger partial charge in [0.25, 0.3) is 5.91 Å². The van der Waals surface area contributed by atoms with Crippen molar-refractivity contribution in [2.24, 2.45) is 5.92 Å². The summed E-state index contributed by atoms with van der Waals surface area (Å²) in [5.41, 5.74) is 6.53. The first-order valence-corrected chi connectivity index (χ1v) is 11.5. The van der Waals surface area contributed by atoms with Gasteiger partial charge < -0.3 is 30.7 Å². The fraction of sp³-hybridized carbons (Fsp3) is 0.591. The third-order valence-electron chi connectivity index (χ3n) is 6.22. The number of nitrogens with two attached hydrogens (primary N) is 1. The Morgan fingerprint density at radius 3 is 2.74 bits per heavy atom. The maximum absolute atomic E-state index is 12.4. The van der Waals surface area contributed by atoms with E-state index in [0.717, 1.165) is 25.7 Å². The number of nitrogens with one attached hydrogen (secondary N) is 1. The smallest absolute Gasteiger partial charge is 0.410 e. The Bertz CT molecular complexity index is 1200. The monoisotopic (exact) mass is 485 g/mol. The molecule has 4 unspecified atom stereocenters. The van der Waals surface area contributed by atoms with Gasteiger partial charge >= 0.3 is 6.09 Å². The highest BCUT2D eigenvalue weighted by Gasteiger charge is 2.48. The molecule has 1 aliphatic heterocycles. The highest BCUT2D eigenvalue weighted by molar-refractivity contribution is 5.83. The maximum atomic E-state index is 12.4. The number of aliphatic hydroxyl groups is 2. The normalized spacial score (nSPS) is 25.7. The number of nitrogens with zero attached hydrogens (tertiary/aromatic N) is 5. The molecular formula is C22H27N7O6. The SMILES string of the molecule is COC(=O)N(CC#Cc1nc(N)c2ncn(C3OC(C(=O)NC4CC4)C(O)C3O)c2n1)CC1CC1. The number of hydrogen-bond donors (Lipinski definition) is 4. The molecule has 0 radical (unpaired) electrons. The zero-order valence-corrected chi connectivity index (χ0v) is 19.1. The standard InChI is InChI=1S/C22H27N7O6/c1-34-22(33)28(9-11-4-5-11)8-2-3-13-26-18(23)14-19(27-13)29(10-24-14)21-16(31)15(30)17(35-21)20(32)25-12-6-7-12/h10-12,15-17,21,30-31H,4-9H2,1H3,(H,25,32)(H2,23,26,27). The van der Waals surface area contributed by atoms with E-state index < -0.39 is 36.5 Å². The van der Waals surface area contributed by atoms with Crippen LogP contribution in [0.5, 0.6) is 0 Å². The van der Waals surface area contributed by atoms with Crippen LogP contribution in [0, 0.1) is 17.8 Å². The van der Waals surface area contributed by atoms with Crippen LogP contribution in [0.25, 0.3) is 11.2 Å². The number of carbonyl (C=O) groups is 2. The van der Waals surface area contributed by atoms with E-state index in [1.807, 2.05) is 0 Å². The third-order valence-corrected chi connectivity index (χ3v) is 6.22. The van der Waals surface area contributed by atoms with Crippen LogP contribution in [0.2, 0.25) is 0 Å². The van der Waals surface area contributed by atoms with Crippen LogP contribution in [0.15, 0.2) is 6.33 Å². The van der Waals surface area contributed by atoms with E-state index in [4.69, 9.17) is 15.2 Å². The van der Waals surface area contributed by atoms with E-state index in [2.05, 4.69) is 32.1 Å². The second kappa shape index (κ2) is 9.29. The van der Waals surface area contributed by atoms with Gasteiger partial charge in [0.2, 0.25) is 5.82 Å². The van der Waals surface area contributed by atoms with Gasteiger partial charge in [0, 0.05) is 12.6 Å². The number of rotatable bonds is 6. The molecule has 3 heterocycles. The summed E-state index contributed by atoms with van der Waals surface area (Å²) in [7, 11) is 1.32. The molecule has 2 amide bonds. The van der Waals surface area contributed by atoms with Crippen molar-refractivity contribution in [1.82, 2.24) is 29.7 Å². The molecule has 13 nitrogen and oxygen atoms in total. The summed E-state index contributed by atoms with van der Waals surface area (Å²) in [5.74, 6) is 5.83. The number of ether oxygens (including phenoxy) is 2. The molecule has 0 bridgehead atoms. The van der Waals surface area contributed by atoms with Crippen LogP contribution >= 0.6 is 0 Å². The molecule has 0 spiro atoms. The minimum Gasteiger partial charge on any atom is -0.453 e. The third kappa shape index (κ3) is 4.86. The average Bonchev–Trinajstić information content (AvgIpc) is 3.76. The Kier molecular flexibility index (Phi) is 6.18. The van der Waals surface area contributed by atoms with Gasteiger partial charge in [-0.05, 0) is 37.5 Å². The van der Waals surface area contributed by atoms with Crippen molar-refractivity contribution >= 4 is 29.0 Å². The second-order valence-electron chi connectivity index (χ2n) is 9.06. The van der Waals surface area contributed by atoms with Gasteiger partial charge in [0.1, 0.15) is 17.7 Å². The first-order valence-electron chi connectivity index (χ1n) is 11.5. The number of aromatic nitrogens is 4. The highest BCUT2D eigenvalue weighted by atomic mass is 16.6. The Morgan fingerprint density at radius 2 is 2.06 bits per heavy atom. The lowest BCUT2D eigenvalue weighted by atomic mass is 10.1. The van der Waals surface area contributed by atoms with E-state index in [0.29, 0.717) is 12.5 Å². The van der Waals surface area contributed by atoms with Gasteiger partial charge in [0.05, 0.1) is 20.0 Å². The van der Waals surface area contributed by atoms with Crippen molar-refractivity contribution in [3.8, 4) is 11.8 Å². The number of carbonyl (C=O) groups excluding carboxylic acids is 2. The largest absolute Gasteiger partial charge is 0.453 e. The summed E-state index contributed by atoms with van der Waals surface area (Å²) in [6.45, 7) is 0.711. The first-order chi connectivity index (χ1) is 16.9. The average molecular weight is 486 g/mol. The molecule has 2 aromatic rings. The lowest BCUT2D eigenvalue weighted by molar-refractivity contribution is -0.137. The number of fused-ring (bicyclic) bond motifs is 1. The number of methoxy groups -OCH3 is 1. The van der Waals surface area contributed by atoms with Crippen LogP contribution < -0.4 is 11.1 Å². The van der Waals surface area contributed by atoms with Crippen molar-refractivity contribution in [2.75, 3.05) is 25.9 Å². The summed E-state index contributed by atoms with van der Waals surface area (Å²) >= 11 is 0. The second-order valence-corrected chi connectivity index (χ2v) is 9.06. The molecular weight excluding hydrogens is 458 g/mol. The van der Waals surface area contributed by atoms with Gasteiger partial charge in [-0.25, -0.2) is 19.7 Å². The minimum atomic E-state index is -1.43. The fourth-order valence-corrected chi connectivity index (χ4v) is 3.96. The molecule has 3 fully saturated rings. The first kappa shape index (κ1) is 23.3. The number of imidazole rings is 1. The summed E-state index contributed by atoms with van der Waals surface area (Å²) in [5, 5.41) is 23.8. The van der Waals surface area contributed by atoms with Crippen LogP contribution in [-0.2, 0) is 14.3 Å². The quantitative estimate of drug-likeness (QED) is 0.376. The van der Waals surface area contributed by atoms with Gasteiger partial charge in [-0.3, -0.25) is 14.3 Å². The number of amides is 2. The molecule has 186 valence electrons. The lowest BCUT2D eigenvalue weighted by Crippen LogP contribution is -2.43. The van der Waals surface area contributed by atoms with E-state index in [-0.39, 0.29) is 35.4 Å². The van der Waals surface area contributed by atoms with Crippen molar-refractivity contribution in [3.05, 3.63) is 12.2 Å². The molecule has 2 aromatic heterocycles. The zero-order valence-electron chi connectivity index (χ0n) is 19.1. The molecule has 2 saturated carbocycles. The molecule has 1 saturated heterocycles. The molecule has 13 heteroatoms. The topological polar surface area (TPSA) is 178 Å². The Labute approximate surface area is 200 Å². The number of aliphatic hydroxyl groups excluding tert-OH is 2. The number of anilines is 1. The molecule has 5 rings (SSSR count). The Hall–Kier alpha value is -3.47. The summed E-state index contributed by atoms with van der Waals surface area (Å²) in [4.78, 5) is 38.7. The van der Waals surface area contributed by atoms with Crippen molar-refractivity contribution in [1.29, 1.82) is 0 Å². The molecule has 4 atom stereocenters. The van der Waals surface area contributed by atoms with Crippen molar-refractivity contribution in [3.63, 3.8) is 0 Å². The molecule has 2 aliphatic carbocycles. The lowest BCUT2D eigenvalue weighted by Gasteiger charge is -2.17. The molecule has 3 aliphatic rings. The van der Waals surface area contributed by atoms with Crippen LogP contribution in [0.1, 0.15) is 37.7 Å². The minimum absolute atomic E-state index is 0.0666. The fourth-order valence-electron chi connectivity index (χ4n) is 3.96. The van der Waals surface area contributed by atoms with E-state index in [1.165, 1.54) is 22.9 Å². The predicted octanol–water partition coefficient (Wildman–Crippen LogP) is -0.864. The van der Waals surface area contributed by atoms with Gasteiger partial charge in [0.15, 0.2) is 23.8 Å². The van der Waals surface area contributed by atoms with Gasteiger partial charge in [-0.1, -0.05) is 5.92 Å². The predicted molar refractivity (Wildman–Crippen MR) is 120 cm³/mol. The summed E-state index contributed by atoms with van der Waals surface area (Å²) in [6.07, 6.45) is -0.363. The summed E-state index contributed by atoms with van der Waals surface area (Å²) in [6, 6.07) is 0.0802. The van der Waals surface area contributed by atoms with Crippen LogP contribution in [0.3, 0.4) is 0 Å². The maximum Gasteiger partial charge on any atom is 0.410 e. The molecule has 0 aromatic carbocycles. The van der Waals surface area contributed by atoms with Gasteiger partial charge in [-0.15, -0.1) is 0 Å². The van der Waals surface area contributed by atoms with Gasteiger partial charge in [-0.2, -0.15) is 0 Å². The van der Waals surface area contributed by atoms with E-state index >= 15 is 0 Å². The number of nitrogen functional groups attached to an aromatic ring is 1. The van der Waals surface area contributed by atoms with Crippen molar-refractivity contribution < 1.29 is 29.3 Å². The van der Waals surface area contributed by atoms with Crippen molar-refractivity contribution in [2.45, 2.75) is 56.3 Å². The zero-order chi connectivity index (χ0) is 24.7.